The number of hydrogen-bond donors (Lipinski definition) is 0. The van der Waals surface area contributed by atoms with Crippen LogP contribution >= 0.6 is 0 Å². The van der Waals surface area contributed by atoms with Crippen LogP contribution in [0.15, 0.2) is 90.1 Å². The van der Waals surface area contributed by atoms with Crippen molar-refractivity contribution in [1.82, 2.24) is 19.5 Å². The van der Waals surface area contributed by atoms with E-state index in [1.165, 1.54) is 0 Å². The maximum absolute atomic E-state index is 6.03. The van der Waals surface area contributed by atoms with Crippen LogP contribution in [0, 0.1) is 6.07 Å². The molecule has 0 unspecified atom stereocenters. The van der Waals surface area contributed by atoms with Crippen molar-refractivity contribution in [2.75, 3.05) is 0 Å². The van der Waals surface area contributed by atoms with Crippen molar-refractivity contribution in [3.05, 3.63) is 91.3 Å². The van der Waals surface area contributed by atoms with E-state index in [0.717, 1.165) is 33.1 Å². The molecule has 0 radical (unpaired) electrons. The van der Waals surface area contributed by atoms with Gasteiger partial charge in [0, 0.05) is 17.5 Å². The SMILES string of the molecule is [Pt+2].[S-]c1cccc2ncc(Oc3[c-]c4c(cc3)c3ccccc3n4-c3ccccn3)nc12. The maximum atomic E-state index is 6.03. The van der Waals surface area contributed by atoms with Gasteiger partial charge >= 0.3 is 21.1 Å². The van der Waals surface area contributed by atoms with Crippen LogP contribution in [0.3, 0.4) is 0 Å². The number of hydrogen-bond acceptors (Lipinski definition) is 5. The molecule has 156 valence electrons. The summed E-state index contributed by atoms with van der Waals surface area (Å²) in [5.41, 5.74) is 3.34. The third-order valence-corrected chi connectivity index (χ3v) is 5.49. The Morgan fingerprint density at radius 2 is 1.72 bits per heavy atom. The summed E-state index contributed by atoms with van der Waals surface area (Å²) in [5, 5.41) is 2.21. The van der Waals surface area contributed by atoms with Crippen molar-refractivity contribution in [3.8, 4) is 17.4 Å². The van der Waals surface area contributed by atoms with Gasteiger partial charge in [0.2, 0.25) is 5.88 Å². The number of nitrogens with zero attached hydrogens (tertiary/aromatic N) is 4. The molecule has 0 atom stereocenters. The molecule has 3 aromatic heterocycles. The van der Waals surface area contributed by atoms with Gasteiger partial charge in [0.25, 0.3) is 0 Å². The maximum Gasteiger partial charge on any atom is 2.00 e. The third kappa shape index (κ3) is 3.42. The normalized spacial score (nSPS) is 11.0. The van der Waals surface area contributed by atoms with E-state index in [2.05, 4.69) is 37.7 Å². The molecule has 0 N–H and O–H groups in total. The average Bonchev–Trinajstić information content (AvgIpc) is 3.14. The smallest absolute Gasteiger partial charge is 0.778 e. The average molecular weight is 614 g/mol. The van der Waals surface area contributed by atoms with Crippen molar-refractivity contribution in [2.24, 2.45) is 0 Å². The summed E-state index contributed by atoms with van der Waals surface area (Å²) in [7, 11) is 0. The largest absolute Gasteiger partial charge is 2.00 e. The molecule has 5 nitrogen and oxygen atoms in total. The second kappa shape index (κ2) is 8.30. The summed E-state index contributed by atoms with van der Waals surface area (Å²) in [5.74, 6) is 1.74. The van der Waals surface area contributed by atoms with E-state index >= 15 is 0 Å². The molecule has 0 saturated carbocycles. The molecule has 3 aromatic carbocycles. The van der Waals surface area contributed by atoms with Gasteiger partial charge in [-0.15, -0.1) is 22.4 Å². The van der Waals surface area contributed by atoms with Gasteiger partial charge < -0.3 is 21.9 Å². The number of benzene rings is 3. The molecular weight excluding hydrogens is 599 g/mol. The van der Waals surface area contributed by atoms with E-state index in [-0.39, 0.29) is 21.1 Å². The van der Waals surface area contributed by atoms with Crippen LogP contribution < -0.4 is 4.74 Å². The van der Waals surface area contributed by atoms with Gasteiger partial charge in [-0.3, -0.25) is 0 Å². The summed E-state index contributed by atoms with van der Waals surface area (Å²) < 4.78 is 8.12. The van der Waals surface area contributed by atoms with Crippen LogP contribution in [0.5, 0.6) is 11.6 Å². The Labute approximate surface area is 203 Å². The van der Waals surface area contributed by atoms with E-state index in [4.69, 9.17) is 17.4 Å². The number of pyridine rings is 1. The zero-order chi connectivity index (χ0) is 20.8. The summed E-state index contributed by atoms with van der Waals surface area (Å²) in [6.45, 7) is 0. The minimum absolute atomic E-state index is 0. The van der Waals surface area contributed by atoms with Crippen molar-refractivity contribution < 1.29 is 25.8 Å². The number of aromatic nitrogens is 4. The first-order valence-corrected chi connectivity index (χ1v) is 10.2. The van der Waals surface area contributed by atoms with Gasteiger partial charge in [-0.05, 0) is 29.7 Å². The zero-order valence-electron chi connectivity index (χ0n) is 16.5. The van der Waals surface area contributed by atoms with Crippen molar-refractivity contribution in [2.45, 2.75) is 4.90 Å². The summed E-state index contributed by atoms with van der Waals surface area (Å²) in [6.07, 6.45) is 3.39. The monoisotopic (exact) mass is 613 g/mol. The third-order valence-electron chi connectivity index (χ3n) is 5.16. The van der Waals surface area contributed by atoms with Crippen LogP contribution in [0.4, 0.5) is 0 Å². The van der Waals surface area contributed by atoms with Gasteiger partial charge in [-0.2, -0.15) is 6.07 Å². The van der Waals surface area contributed by atoms with E-state index in [1.807, 2.05) is 60.7 Å². The molecule has 6 aromatic rings. The summed E-state index contributed by atoms with van der Waals surface area (Å²) >= 11 is 5.37. The van der Waals surface area contributed by atoms with Crippen LogP contribution in [0.1, 0.15) is 0 Å². The van der Waals surface area contributed by atoms with Gasteiger partial charge in [-0.1, -0.05) is 41.9 Å². The first-order valence-electron chi connectivity index (χ1n) is 9.75. The van der Waals surface area contributed by atoms with Crippen molar-refractivity contribution in [3.63, 3.8) is 0 Å². The molecule has 0 saturated heterocycles. The number of fused-ring (bicyclic) bond motifs is 4. The van der Waals surface area contributed by atoms with E-state index in [0.29, 0.717) is 22.0 Å². The van der Waals surface area contributed by atoms with E-state index in [9.17, 15) is 0 Å². The standard InChI is InChI=1S/C25H15N4OS.Pt/c31-22-9-5-7-19-25(22)28-24(15-27-19)30-16-11-12-18-17-6-1-2-8-20(17)29(21(18)14-16)23-10-3-4-13-26-23;/h1-13,15,31H;/q-1;+2/p-1. The molecule has 3 heterocycles. The van der Waals surface area contributed by atoms with Gasteiger partial charge in [0.05, 0.1) is 17.2 Å². The molecule has 32 heavy (non-hydrogen) atoms. The van der Waals surface area contributed by atoms with E-state index < -0.39 is 0 Å². The topological polar surface area (TPSA) is 52.8 Å². The Kier molecular flexibility index (Phi) is 5.33. The van der Waals surface area contributed by atoms with Crippen molar-refractivity contribution >= 4 is 45.5 Å². The predicted molar refractivity (Wildman–Crippen MR) is 123 cm³/mol. The van der Waals surface area contributed by atoms with Gasteiger partial charge in [-0.25, -0.2) is 15.0 Å². The fourth-order valence-electron chi connectivity index (χ4n) is 3.81. The quantitative estimate of drug-likeness (QED) is 0.192. The van der Waals surface area contributed by atoms with E-state index in [1.54, 1.807) is 12.4 Å². The number of para-hydroxylation sites is 2. The number of rotatable bonds is 3. The molecule has 0 spiro atoms. The second-order valence-corrected chi connectivity index (χ2v) is 7.50. The van der Waals surface area contributed by atoms with Crippen molar-refractivity contribution in [1.29, 1.82) is 0 Å². The Morgan fingerprint density at radius 1 is 0.844 bits per heavy atom. The number of ether oxygens (including phenoxy) is 1. The Morgan fingerprint density at radius 3 is 2.59 bits per heavy atom. The van der Waals surface area contributed by atoms with Crippen LogP contribution in [-0.2, 0) is 33.7 Å². The molecule has 0 aliphatic heterocycles. The second-order valence-electron chi connectivity index (χ2n) is 7.06. The molecule has 7 heteroatoms. The summed E-state index contributed by atoms with van der Waals surface area (Å²) in [4.78, 5) is 14.2. The molecule has 0 aliphatic rings. The molecule has 0 aliphatic carbocycles. The Balaban J connectivity index is 0.00000216. The Bertz CT molecular complexity index is 1580. The zero-order valence-corrected chi connectivity index (χ0v) is 19.6. The first-order chi connectivity index (χ1) is 15.3. The fourth-order valence-corrected chi connectivity index (χ4v) is 4.04. The fraction of sp³-hybridized carbons (Fsp3) is 0. The molecule has 0 amide bonds. The van der Waals surface area contributed by atoms with Crippen LogP contribution in [-0.4, -0.2) is 19.5 Å². The van der Waals surface area contributed by atoms with Gasteiger partial charge in [0.1, 0.15) is 5.82 Å². The molecule has 0 bridgehead atoms. The van der Waals surface area contributed by atoms with Crippen LogP contribution in [0.25, 0.3) is 38.7 Å². The van der Waals surface area contributed by atoms with Gasteiger partial charge in [0.15, 0.2) is 0 Å². The molecule has 0 fully saturated rings. The predicted octanol–water partition coefficient (Wildman–Crippen LogP) is 5.62. The minimum Gasteiger partial charge on any atom is -0.778 e. The summed E-state index contributed by atoms with van der Waals surface area (Å²) in [6, 6.07) is 27.0. The first kappa shape index (κ1) is 20.6. The minimum atomic E-state index is 0. The van der Waals surface area contributed by atoms with Crippen LogP contribution in [0.2, 0.25) is 0 Å². The Hall–Kier alpha value is -3.34. The molecular formula is C25H14N4OPtS. The molecule has 6 rings (SSSR count).